The van der Waals surface area contributed by atoms with Gasteiger partial charge in [-0.3, -0.25) is 4.79 Å². The number of aromatic nitrogens is 2. The van der Waals surface area contributed by atoms with Crippen LogP contribution in [0.3, 0.4) is 0 Å². The van der Waals surface area contributed by atoms with Gasteiger partial charge < -0.3 is 29.9 Å². The zero-order valence-electron chi connectivity index (χ0n) is 19.4. The van der Waals surface area contributed by atoms with Gasteiger partial charge in [-0.15, -0.1) is 0 Å². The van der Waals surface area contributed by atoms with Crippen LogP contribution in [0.25, 0.3) is 0 Å². The van der Waals surface area contributed by atoms with Crippen LogP contribution >= 0.6 is 0 Å². The van der Waals surface area contributed by atoms with Crippen molar-refractivity contribution < 1.29 is 14.6 Å². The molecule has 2 heterocycles. The van der Waals surface area contributed by atoms with E-state index in [1.165, 1.54) is 6.33 Å². The summed E-state index contributed by atoms with van der Waals surface area (Å²) in [5.74, 6) is 2.10. The number of hydrogen-bond donors (Lipinski definition) is 2. The van der Waals surface area contributed by atoms with E-state index in [0.29, 0.717) is 25.1 Å². The van der Waals surface area contributed by atoms with E-state index in [1.807, 2.05) is 49.1 Å². The first kappa shape index (κ1) is 23.7. The summed E-state index contributed by atoms with van der Waals surface area (Å²) in [7, 11) is 7.52. The van der Waals surface area contributed by atoms with E-state index in [-0.39, 0.29) is 12.5 Å². The van der Waals surface area contributed by atoms with Crippen molar-refractivity contribution in [2.45, 2.75) is 18.4 Å². The van der Waals surface area contributed by atoms with Crippen molar-refractivity contribution in [2.75, 3.05) is 71.2 Å². The van der Waals surface area contributed by atoms with Gasteiger partial charge in [-0.25, -0.2) is 9.97 Å². The second kappa shape index (κ2) is 10.6. The molecule has 1 aromatic heterocycles. The summed E-state index contributed by atoms with van der Waals surface area (Å²) in [6, 6.07) is 9.01. The Bertz CT molecular complexity index is 892. The van der Waals surface area contributed by atoms with Crippen molar-refractivity contribution >= 4 is 17.5 Å². The summed E-state index contributed by atoms with van der Waals surface area (Å²) >= 11 is 0. The number of ether oxygens (including phenoxy) is 1. The quantitative estimate of drug-likeness (QED) is 0.604. The molecular formula is C23H34N6O3. The maximum absolute atomic E-state index is 12.9. The molecule has 32 heavy (non-hydrogen) atoms. The maximum Gasteiger partial charge on any atom is 0.253 e. The van der Waals surface area contributed by atoms with Gasteiger partial charge in [-0.1, -0.05) is 0 Å². The van der Waals surface area contributed by atoms with Gasteiger partial charge in [0.2, 0.25) is 0 Å². The molecule has 174 valence electrons. The molecule has 0 saturated carbocycles. The molecule has 1 amide bonds. The van der Waals surface area contributed by atoms with E-state index < -0.39 is 5.60 Å². The molecule has 1 unspecified atom stereocenters. The number of hydrogen-bond acceptors (Lipinski definition) is 8. The lowest BCUT2D eigenvalue weighted by atomic mass is 9.92. The Hall–Kier alpha value is -2.91. The van der Waals surface area contributed by atoms with Crippen LogP contribution in [0.4, 0.5) is 11.6 Å². The molecule has 1 fully saturated rings. The Morgan fingerprint density at radius 2 is 2.00 bits per heavy atom. The monoisotopic (exact) mass is 442 g/mol. The lowest BCUT2D eigenvalue weighted by Gasteiger charge is -2.41. The van der Waals surface area contributed by atoms with Crippen molar-refractivity contribution in [3.63, 3.8) is 0 Å². The van der Waals surface area contributed by atoms with Crippen LogP contribution < -0.4 is 15.0 Å². The highest BCUT2D eigenvalue weighted by Crippen LogP contribution is 2.27. The number of nitrogens with zero attached hydrogens (tertiary/aromatic N) is 5. The fourth-order valence-corrected chi connectivity index (χ4v) is 3.87. The number of carbonyl (C=O) groups excluding carboxylic acids is 1. The number of nitrogens with one attached hydrogen (secondary N) is 1. The molecule has 1 atom stereocenters. The first-order chi connectivity index (χ1) is 15.3. The van der Waals surface area contributed by atoms with Gasteiger partial charge in [-0.2, -0.15) is 0 Å². The van der Waals surface area contributed by atoms with Gasteiger partial charge in [0.05, 0.1) is 12.1 Å². The third-order valence-corrected chi connectivity index (χ3v) is 5.57. The molecule has 0 radical (unpaired) electrons. The third kappa shape index (κ3) is 6.30. The molecule has 1 saturated heterocycles. The van der Waals surface area contributed by atoms with Crippen LogP contribution in [0.2, 0.25) is 0 Å². The molecule has 2 N–H and O–H groups in total. The number of piperidine rings is 1. The molecule has 3 rings (SSSR count). The van der Waals surface area contributed by atoms with Gasteiger partial charge in [0, 0.05) is 45.4 Å². The summed E-state index contributed by atoms with van der Waals surface area (Å²) in [6.07, 6.45) is 2.96. The number of β-amino-alcohol motifs (C(OH)–C–C–N with tert-alkyl or cyclic N) is 1. The van der Waals surface area contributed by atoms with E-state index in [2.05, 4.69) is 15.3 Å². The molecule has 9 heteroatoms. The average molecular weight is 443 g/mol. The van der Waals surface area contributed by atoms with E-state index >= 15 is 0 Å². The molecule has 0 aliphatic carbocycles. The molecule has 0 bridgehead atoms. The normalized spacial score (nSPS) is 18.5. The molecule has 2 aromatic rings. The fourth-order valence-electron chi connectivity index (χ4n) is 3.87. The van der Waals surface area contributed by atoms with Gasteiger partial charge in [0.1, 0.15) is 30.3 Å². The lowest BCUT2D eigenvalue weighted by molar-refractivity contribution is -0.000137. The van der Waals surface area contributed by atoms with Crippen LogP contribution in [0.5, 0.6) is 5.75 Å². The summed E-state index contributed by atoms with van der Waals surface area (Å²) in [6.45, 7) is 2.86. The third-order valence-electron chi connectivity index (χ3n) is 5.57. The second-order valence-electron chi connectivity index (χ2n) is 8.60. The summed E-state index contributed by atoms with van der Waals surface area (Å²) < 4.78 is 5.69. The van der Waals surface area contributed by atoms with Gasteiger partial charge in [-0.05, 0) is 51.2 Å². The van der Waals surface area contributed by atoms with Gasteiger partial charge in [0.15, 0.2) is 0 Å². The Kier molecular flexibility index (Phi) is 7.87. The largest absolute Gasteiger partial charge is 0.492 e. The summed E-state index contributed by atoms with van der Waals surface area (Å²) in [5.41, 5.74) is -0.443. The van der Waals surface area contributed by atoms with Crippen molar-refractivity contribution in [1.82, 2.24) is 19.8 Å². The minimum Gasteiger partial charge on any atom is -0.492 e. The zero-order chi connectivity index (χ0) is 23.1. The van der Waals surface area contributed by atoms with E-state index in [4.69, 9.17) is 4.74 Å². The Labute approximate surface area is 190 Å². The molecule has 1 aliphatic rings. The molecule has 1 aliphatic heterocycles. The first-order valence-corrected chi connectivity index (χ1v) is 10.9. The number of aliphatic hydroxyl groups is 1. The number of likely N-dealkylation sites (N-methyl/N-ethyl adjacent to an activating group) is 2. The van der Waals surface area contributed by atoms with Crippen molar-refractivity contribution in [3.05, 3.63) is 42.2 Å². The highest BCUT2D eigenvalue weighted by Gasteiger charge is 2.36. The van der Waals surface area contributed by atoms with Gasteiger partial charge in [0.25, 0.3) is 5.91 Å². The maximum atomic E-state index is 12.9. The van der Waals surface area contributed by atoms with Crippen molar-refractivity contribution in [3.8, 4) is 5.75 Å². The highest BCUT2D eigenvalue weighted by molar-refractivity contribution is 5.94. The minimum absolute atomic E-state index is 0.130. The zero-order valence-corrected chi connectivity index (χ0v) is 19.4. The summed E-state index contributed by atoms with van der Waals surface area (Å²) in [5, 5.41) is 14.3. The van der Waals surface area contributed by atoms with E-state index in [0.717, 1.165) is 36.9 Å². The number of benzene rings is 1. The predicted molar refractivity (Wildman–Crippen MR) is 125 cm³/mol. The average Bonchev–Trinajstić information content (AvgIpc) is 2.78. The Morgan fingerprint density at radius 3 is 2.69 bits per heavy atom. The Balaban J connectivity index is 1.59. The van der Waals surface area contributed by atoms with E-state index in [9.17, 15) is 9.90 Å². The van der Waals surface area contributed by atoms with Crippen LogP contribution in [-0.4, -0.2) is 97.4 Å². The second-order valence-corrected chi connectivity index (χ2v) is 8.60. The standard InChI is InChI=1S/C23H34N6O3/c1-24-20-14-21(26-17-25-20)29-11-5-10-23(31,16-29)15-28(4)22(30)18-6-8-19(9-7-18)32-13-12-27(2)3/h6-9,14,17,31H,5,10-13,15-16H2,1-4H3,(H,24,25,26). The fraction of sp³-hybridized carbons (Fsp3) is 0.522. The molecular weight excluding hydrogens is 408 g/mol. The first-order valence-electron chi connectivity index (χ1n) is 10.9. The minimum atomic E-state index is -1.01. The summed E-state index contributed by atoms with van der Waals surface area (Å²) in [4.78, 5) is 27.1. The van der Waals surface area contributed by atoms with Crippen LogP contribution in [-0.2, 0) is 0 Å². The number of carbonyl (C=O) groups is 1. The lowest BCUT2D eigenvalue weighted by Crippen LogP contribution is -2.54. The van der Waals surface area contributed by atoms with Crippen LogP contribution in [0, 0.1) is 0 Å². The van der Waals surface area contributed by atoms with Crippen LogP contribution in [0.1, 0.15) is 23.2 Å². The smallest absolute Gasteiger partial charge is 0.253 e. The van der Waals surface area contributed by atoms with Crippen LogP contribution in [0.15, 0.2) is 36.7 Å². The van der Waals surface area contributed by atoms with Crippen molar-refractivity contribution in [2.24, 2.45) is 0 Å². The van der Waals surface area contributed by atoms with Gasteiger partial charge >= 0.3 is 0 Å². The Morgan fingerprint density at radius 1 is 1.25 bits per heavy atom. The van der Waals surface area contributed by atoms with E-state index in [1.54, 1.807) is 24.1 Å². The molecule has 9 nitrogen and oxygen atoms in total. The SMILES string of the molecule is CNc1cc(N2CCCC(O)(CN(C)C(=O)c3ccc(OCCN(C)C)cc3)C2)ncn1. The number of amides is 1. The number of anilines is 2. The topological polar surface area (TPSA) is 94.1 Å². The number of rotatable bonds is 9. The predicted octanol–water partition coefficient (Wildman–Crippen LogP) is 1.56. The molecule has 0 spiro atoms. The highest BCUT2D eigenvalue weighted by atomic mass is 16.5. The van der Waals surface area contributed by atoms with Crippen molar-refractivity contribution in [1.29, 1.82) is 0 Å². The molecule has 1 aromatic carbocycles.